The third kappa shape index (κ3) is 5.85. The van der Waals surface area contributed by atoms with Crippen molar-refractivity contribution in [3.05, 3.63) is 29.8 Å². The lowest BCUT2D eigenvalue weighted by atomic mass is 9.96. The van der Waals surface area contributed by atoms with E-state index in [4.69, 9.17) is 0 Å². The van der Waals surface area contributed by atoms with E-state index in [1.54, 1.807) is 12.1 Å². The first-order valence-corrected chi connectivity index (χ1v) is 9.82. The Morgan fingerprint density at radius 3 is 2.63 bits per heavy atom. The number of rotatable bonds is 7. The normalized spacial score (nSPS) is 25.8. The van der Waals surface area contributed by atoms with Crippen molar-refractivity contribution >= 4 is 0 Å². The second-order valence-electron chi connectivity index (χ2n) is 7.84. The van der Waals surface area contributed by atoms with Gasteiger partial charge in [0.05, 0.1) is 0 Å². The zero-order chi connectivity index (χ0) is 19.2. The molecule has 2 aliphatic heterocycles. The quantitative estimate of drug-likeness (QED) is 0.780. The second kappa shape index (κ2) is 9.78. The van der Waals surface area contributed by atoms with Crippen LogP contribution in [0.5, 0.6) is 5.75 Å². The van der Waals surface area contributed by atoms with Gasteiger partial charge in [0, 0.05) is 51.4 Å². The molecule has 0 aliphatic carbocycles. The zero-order valence-corrected chi connectivity index (χ0v) is 16.1. The standard InChI is InChI=1S/C20H31F2N3O2/c1-23-7-4-8-24(10-9-23)12-17-13-25(14-18(17)15-26)11-16-5-2-3-6-19(16)27-20(21)22/h2-3,5-6,17-18,20,26H,4,7-15H2,1H3/t17-,18-/m1/s1. The molecule has 27 heavy (non-hydrogen) atoms. The van der Waals surface area contributed by atoms with Crippen molar-refractivity contribution in [3.8, 4) is 5.75 Å². The fraction of sp³-hybridized carbons (Fsp3) is 0.700. The van der Waals surface area contributed by atoms with Crippen LogP contribution in [0.15, 0.2) is 24.3 Å². The van der Waals surface area contributed by atoms with Gasteiger partial charge < -0.3 is 19.6 Å². The smallest absolute Gasteiger partial charge is 0.387 e. The molecule has 2 fully saturated rings. The van der Waals surface area contributed by atoms with Crippen LogP contribution in [-0.4, -0.2) is 85.9 Å². The van der Waals surface area contributed by atoms with Crippen LogP contribution < -0.4 is 4.74 Å². The van der Waals surface area contributed by atoms with E-state index in [1.165, 1.54) is 6.42 Å². The van der Waals surface area contributed by atoms with E-state index in [0.717, 1.165) is 51.4 Å². The van der Waals surface area contributed by atoms with Gasteiger partial charge in [0.15, 0.2) is 0 Å². The summed E-state index contributed by atoms with van der Waals surface area (Å²) in [5.74, 6) is 0.878. The Bertz CT molecular complexity index is 590. The lowest BCUT2D eigenvalue weighted by Crippen LogP contribution is -2.36. The lowest BCUT2D eigenvalue weighted by molar-refractivity contribution is -0.0507. The highest BCUT2D eigenvalue weighted by molar-refractivity contribution is 5.33. The average Bonchev–Trinajstić information content (AvgIpc) is 2.89. The first kappa shape index (κ1) is 20.5. The van der Waals surface area contributed by atoms with Crippen LogP contribution in [0.3, 0.4) is 0 Å². The molecule has 2 atom stereocenters. The molecule has 7 heteroatoms. The maximum Gasteiger partial charge on any atom is 0.387 e. The summed E-state index contributed by atoms with van der Waals surface area (Å²) in [6, 6.07) is 6.98. The summed E-state index contributed by atoms with van der Waals surface area (Å²) >= 11 is 0. The summed E-state index contributed by atoms with van der Waals surface area (Å²) in [5.41, 5.74) is 0.770. The molecule has 0 amide bonds. The maximum atomic E-state index is 12.6. The van der Waals surface area contributed by atoms with Crippen LogP contribution in [0.2, 0.25) is 0 Å². The van der Waals surface area contributed by atoms with E-state index in [-0.39, 0.29) is 18.3 Å². The molecule has 0 radical (unpaired) electrons. The van der Waals surface area contributed by atoms with E-state index < -0.39 is 6.61 Å². The van der Waals surface area contributed by atoms with Crippen molar-refractivity contribution in [1.82, 2.24) is 14.7 Å². The first-order chi connectivity index (χ1) is 13.0. The van der Waals surface area contributed by atoms with Gasteiger partial charge in [-0.2, -0.15) is 8.78 Å². The molecule has 0 aromatic heterocycles. The molecule has 0 saturated carbocycles. The van der Waals surface area contributed by atoms with Gasteiger partial charge in [0.2, 0.25) is 0 Å². The molecule has 2 aliphatic rings. The third-order valence-electron chi connectivity index (χ3n) is 5.77. The van der Waals surface area contributed by atoms with Gasteiger partial charge in [-0.1, -0.05) is 18.2 Å². The minimum absolute atomic E-state index is 0.171. The van der Waals surface area contributed by atoms with Crippen molar-refractivity contribution in [2.45, 2.75) is 19.6 Å². The summed E-state index contributed by atoms with van der Waals surface area (Å²) in [6.45, 7) is 4.96. The SMILES string of the molecule is CN1CCCN(C[C@@H]2CN(Cc3ccccc3OC(F)F)C[C@@H]2CO)CC1. The number of halogens is 2. The number of alkyl halides is 2. The molecule has 3 rings (SSSR count). The maximum absolute atomic E-state index is 12.6. The number of aliphatic hydroxyl groups is 1. The second-order valence-corrected chi connectivity index (χ2v) is 7.84. The van der Waals surface area contributed by atoms with E-state index >= 15 is 0 Å². The molecular weight excluding hydrogens is 352 g/mol. The van der Waals surface area contributed by atoms with Crippen LogP contribution in [0.1, 0.15) is 12.0 Å². The van der Waals surface area contributed by atoms with Gasteiger partial charge in [-0.05, 0) is 44.5 Å². The van der Waals surface area contributed by atoms with Crippen molar-refractivity contribution in [1.29, 1.82) is 0 Å². The fourth-order valence-electron chi connectivity index (χ4n) is 4.28. The highest BCUT2D eigenvalue weighted by Gasteiger charge is 2.34. The fourth-order valence-corrected chi connectivity index (χ4v) is 4.28. The number of hydrogen-bond acceptors (Lipinski definition) is 5. The van der Waals surface area contributed by atoms with Crippen molar-refractivity contribution < 1.29 is 18.6 Å². The van der Waals surface area contributed by atoms with Crippen LogP contribution in [0, 0.1) is 11.8 Å². The predicted octanol–water partition coefficient (Wildman–Crippen LogP) is 1.97. The van der Waals surface area contributed by atoms with Crippen LogP contribution in [-0.2, 0) is 6.54 Å². The first-order valence-electron chi connectivity index (χ1n) is 9.82. The summed E-state index contributed by atoms with van der Waals surface area (Å²) in [4.78, 5) is 7.13. The summed E-state index contributed by atoms with van der Waals surface area (Å²) in [5, 5.41) is 9.84. The largest absolute Gasteiger partial charge is 0.434 e. The minimum atomic E-state index is -2.82. The van der Waals surface area contributed by atoms with Crippen molar-refractivity contribution in [3.63, 3.8) is 0 Å². The van der Waals surface area contributed by atoms with Crippen LogP contribution in [0.25, 0.3) is 0 Å². The van der Waals surface area contributed by atoms with E-state index in [0.29, 0.717) is 12.5 Å². The van der Waals surface area contributed by atoms with Gasteiger partial charge in [-0.3, -0.25) is 4.90 Å². The molecule has 1 N–H and O–H groups in total. The number of nitrogens with zero attached hydrogens (tertiary/aromatic N) is 3. The van der Waals surface area contributed by atoms with Gasteiger partial charge in [-0.15, -0.1) is 0 Å². The number of likely N-dealkylation sites (tertiary alicyclic amines) is 1. The molecule has 0 unspecified atom stereocenters. The van der Waals surface area contributed by atoms with Crippen molar-refractivity contribution in [2.75, 3.05) is 59.5 Å². The number of para-hydroxylation sites is 1. The number of ether oxygens (including phenoxy) is 1. The molecule has 2 heterocycles. The lowest BCUT2D eigenvalue weighted by Gasteiger charge is -2.26. The Kier molecular flexibility index (Phi) is 7.41. The predicted molar refractivity (Wildman–Crippen MR) is 101 cm³/mol. The van der Waals surface area contributed by atoms with Crippen LogP contribution in [0.4, 0.5) is 8.78 Å². The number of benzene rings is 1. The van der Waals surface area contributed by atoms with E-state index in [2.05, 4.69) is 26.5 Å². The molecule has 5 nitrogen and oxygen atoms in total. The Labute approximate surface area is 160 Å². The number of hydrogen-bond donors (Lipinski definition) is 1. The topological polar surface area (TPSA) is 39.2 Å². The Balaban J connectivity index is 1.59. The third-order valence-corrected chi connectivity index (χ3v) is 5.77. The van der Waals surface area contributed by atoms with Crippen molar-refractivity contribution in [2.24, 2.45) is 11.8 Å². The van der Waals surface area contributed by atoms with Gasteiger partial charge in [0.25, 0.3) is 0 Å². The highest BCUT2D eigenvalue weighted by Crippen LogP contribution is 2.29. The summed E-state index contributed by atoms with van der Waals surface area (Å²) in [7, 11) is 2.16. The molecule has 1 aromatic carbocycles. The number of aliphatic hydroxyl groups excluding tert-OH is 1. The van der Waals surface area contributed by atoms with E-state index in [1.807, 2.05) is 12.1 Å². The minimum Gasteiger partial charge on any atom is -0.434 e. The highest BCUT2D eigenvalue weighted by atomic mass is 19.3. The van der Waals surface area contributed by atoms with E-state index in [9.17, 15) is 13.9 Å². The molecular formula is C20H31F2N3O2. The van der Waals surface area contributed by atoms with Gasteiger partial charge in [0.1, 0.15) is 5.75 Å². The van der Waals surface area contributed by atoms with Crippen LogP contribution >= 0.6 is 0 Å². The zero-order valence-electron chi connectivity index (χ0n) is 16.1. The Morgan fingerprint density at radius 1 is 1.07 bits per heavy atom. The molecule has 2 saturated heterocycles. The average molecular weight is 383 g/mol. The van der Waals surface area contributed by atoms with Gasteiger partial charge >= 0.3 is 6.61 Å². The Morgan fingerprint density at radius 2 is 1.85 bits per heavy atom. The molecule has 1 aromatic rings. The molecule has 152 valence electrons. The molecule has 0 spiro atoms. The molecule has 0 bridgehead atoms. The number of likely N-dealkylation sites (N-methyl/N-ethyl adjacent to an activating group) is 1. The van der Waals surface area contributed by atoms with Gasteiger partial charge in [-0.25, -0.2) is 0 Å². The monoisotopic (exact) mass is 383 g/mol. The summed E-state index contributed by atoms with van der Waals surface area (Å²) < 4.78 is 29.9. The summed E-state index contributed by atoms with van der Waals surface area (Å²) in [6.07, 6.45) is 1.18. The Hall–Kier alpha value is -1.28.